The van der Waals surface area contributed by atoms with Gasteiger partial charge in [-0.05, 0) is 64.8 Å². The van der Waals surface area contributed by atoms with E-state index in [0.717, 1.165) is 12.1 Å². The Hall–Kier alpha value is -2.81. The number of hydrogen-bond acceptors (Lipinski definition) is 4. The fraction of sp³-hybridized carbons (Fsp3) is 0.500. The van der Waals surface area contributed by atoms with E-state index in [1.165, 1.54) is 11.0 Å². The van der Waals surface area contributed by atoms with Crippen molar-refractivity contribution in [2.75, 3.05) is 13.1 Å². The first kappa shape index (κ1) is 23.4. The Morgan fingerprint density at radius 1 is 1.15 bits per heavy atom. The SMILES string of the molecule is Cc1cc2c3cc(C(F)(F)F)ccc3n([C@@H]3CCCN(C(=O)OC(C)(C)C)C[C@H]3O)c2cn1. The number of aliphatic hydroxyl groups excluding tert-OH is 1. The van der Waals surface area contributed by atoms with Crippen molar-refractivity contribution >= 4 is 27.9 Å². The molecule has 2 atom stereocenters. The third-order valence-corrected chi connectivity index (χ3v) is 5.92. The highest BCUT2D eigenvalue weighted by Crippen LogP contribution is 2.39. The average molecular weight is 464 g/mol. The highest BCUT2D eigenvalue weighted by Gasteiger charge is 2.34. The lowest BCUT2D eigenvalue weighted by Crippen LogP contribution is -2.41. The van der Waals surface area contributed by atoms with Crippen molar-refractivity contribution in [1.29, 1.82) is 0 Å². The van der Waals surface area contributed by atoms with E-state index in [1.807, 2.05) is 4.57 Å². The van der Waals surface area contributed by atoms with Crippen molar-refractivity contribution in [3.05, 3.63) is 41.7 Å². The molecule has 2 aromatic heterocycles. The summed E-state index contributed by atoms with van der Waals surface area (Å²) in [7, 11) is 0. The molecule has 9 heteroatoms. The van der Waals surface area contributed by atoms with Gasteiger partial charge in [-0.25, -0.2) is 4.79 Å². The summed E-state index contributed by atoms with van der Waals surface area (Å²) >= 11 is 0. The maximum atomic E-state index is 13.4. The molecule has 0 saturated carbocycles. The smallest absolute Gasteiger partial charge is 0.416 e. The Kier molecular flexibility index (Phi) is 5.80. The van der Waals surface area contributed by atoms with Gasteiger partial charge in [0.15, 0.2) is 0 Å². The molecule has 0 unspecified atom stereocenters. The van der Waals surface area contributed by atoms with Crippen molar-refractivity contribution in [3.63, 3.8) is 0 Å². The van der Waals surface area contributed by atoms with Gasteiger partial charge in [-0.2, -0.15) is 13.2 Å². The molecule has 1 fully saturated rings. The number of amides is 1. The number of aryl methyl sites for hydroxylation is 1. The molecule has 1 saturated heterocycles. The van der Waals surface area contributed by atoms with Crippen molar-refractivity contribution in [1.82, 2.24) is 14.5 Å². The molecule has 0 radical (unpaired) electrons. The number of aromatic nitrogens is 2. The van der Waals surface area contributed by atoms with Crippen molar-refractivity contribution < 1.29 is 27.8 Å². The predicted octanol–water partition coefficient (Wildman–Crippen LogP) is 5.45. The number of benzene rings is 1. The highest BCUT2D eigenvalue weighted by molar-refractivity contribution is 6.08. The topological polar surface area (TPSA) is 67.6 Å². The number of hydrogen-bond donors (Lipinski definition) is 1. The number of pyridine rings is 1. The normalized spacial score (nSPS) is 20.3. The summed E-state index contributed by atoms with van der Waals surface area (Å²) < 4.78 is 47.5. The second kappa shape index (κ2) is 8.20. The largest absolute Gasteiger partial charge is 0.444 e. The number of ether oxygens (including phenoxy) is 1. The van der Waals surface area contributed by atoms with E-state index in [2.05, 4.69) is 4.98 Å². The van der Waals surface area contributed by atoms with Gasteiger partial charge in [-0.15, -0.1) is 0 Å². The highest BCUT2D eigenvalue weighted by atomic mass is 19.4. The van der Waals surface area contributed by atoms with E-state index in [1.54, 1.807) is 40.0 Å². The maximum absolute atomic E-state index is 13.4. The maximum Gasteiger partial charge on any atom is 0.416 e. The van der Waals surface area contributed by atoms with Gasteiger partial charge in [-0.1, -0.05) is 0 Å². The van der Waals surface area contributed by atoms with Crippen LogP contribution in [0.15, 0.2) is 30.5 Å². The molecule has 6 nitrogen and oxygen atoms in total. The molecule has 178 valence electrons. The van der Waals surface area contributed by atoms with Crippen LogP contribution in [0.5, 0.6) is 0 Å². The number of rotatable bonds is 1. The fourth-order valence-corrected chi connectivity index (χ4v) is 4.50. The summed E-state index contributed by atoms with van der Waals surface area (Å²) in [6, 6.07) is 5.01. The van der Waals surface area contributed by atoms with Crippen LogP contribution >= 0.6 is 0 Å². The number of alkyl halides is 3. The van der Waals surface area contributed by atoms with Gasteiger partial charge in [0.2, 0.25) is 0 Å². The van der Waals surface area contributed by atoms with Crippen LogP contribution < -0.4 is 0 Å². The Morgan fingerprint density at radius 2 is 1.85 bits per heavy atom. The lowest BCUT2D eigenvalue weighted by molar-refractivity contribution is -0.137. The lowest BCUT2D eigenvalue weighted by Gasteiger charge is -2.29. The van der Waals surface area contributed by atoms with Crippen molar-refractivity contribution in [3.8, 4) is 0 Å². The fourth-order valence-electron chi connectivity index (χ4n) is 4.50. The summed E-state index contributed by atoms with van der Waals surface area (Å²) in [4.78, 5) is 18.4. The Labute approximate surface area is 189 Å². The molecule has 1 aliphatic rings. The van der Waals surface area contributed by atoms with Crippen LogP contribution in [0.1, 0.15) is 50.9 Å². The summed E-state index contributed by atoms with van der Waals surface area (Å²) in [5.74, 6) is 0. The second-order valence-electron chi connectivity index (χ2n) is 9.65. The molecular weight excluding hydrogens is 435 g/mol. The molecule has 0 spiro atoms. The van der Waals surface area contributed by atoms with E-state index in [4.69, 9.17) is 4.74 Å². The third kappa shape index (κ3) is 4.64. The Bertz CT molecular complexity index is 1200. The number of halogens is 3. The van der Waals surface area contributed by atoms with E-state index >= 15 is 0 Å². The number of carbonyl (C=O) groups is 1. The molecule has 3 aromatic rings. The number of likely N-dealkylation sites (tertiary alicyclic amines) is 1. The summed E-state index contributed by atoms with van der Waals surface area (Å²) in [6.45, 7) is 7.63. The first-order valence-electron chi connectivity index (χ1n) is 11.0. The minimum absolute atomic E-state index is 0.0701. The van der Waals surface area contributed by atoms with Crippen LogP contribution in [0.25, 0.3) is 21.8 Å². The number of β-amino-alcohol motifs (C(OH)–C–C–N with tert-alkyl or cyclic N) is 1. The molecule has 1 N–H and O–H groups in total. The first-order valence-corrected chi connectivity index (χ1v) is 11.0. The minimum Gasteiger partial charge on any atom is -0.444 e. The van der Waals surface area contributed by atoms with Crippen LogP contribution in [0.4, 0.5) is 18.0 Å². The van der Waals surface area contributed by atoms with Gasteiger partial charge in [-0.3, -0.25) is 4.98 Å². The van der Waals surface area contributed by atoms with Crippen LogP contribution in [0.3, 0.4) is 0 Å². The van der Waals surface area contributed by atoms with Crippen LogP contribution in [-0.2, 0) is 10.9 Å². The number of aliphatic hydroxyl groups is 1. The molecule has 33 heavy (non-hydrogen) atoms. The number of fused-ring (bicyclic) bond motifs is 3. The summed E-state index contributed by atoms with van der Waals surface area (Å²) in [6.07, 6.45) is -3.07. The molecular formula is C24H28F3N3O3. The predicted molar refractivity (Wildman–Crippen MR) is 119 cm³/mol. The zero-order valence-corrected chi connectivity index (χ0v) is 19.1. The van der Waals surface area contributed by atoms with E-state index in [-0.39, 0.29) is 6.54 Å². The van der Waals surface area contributed by atoms with E-state index < -0.39 is 35.6 Å². The second-order valence-corrected chi connectivity index (χ2v) is 9.65. The molecule has 4 rings (SSSR count). The van der Waals surface area contributed by atoms with E-state index in [9.17, 15) is 23.1 Å². The third-order valence-electron chi connectivity index (χ3n) is 5.92. The quantitative estimate of drug-likeness (QED) is 0.521. The van der Waals surface area contributed by atoms with Crippen LogP contribution in [-0.4, -0.2) is 50.4 Å². The Morgan fingerprint density at radius 3 is 2.52 bits per heavy atom. The average Bonchev–Trinajstić information content (AvgIpc) is 2.87. The van der Waals surface area contributed by atoms with Gasteiger partial charge < -0.3 is 19.3 Å². The van der Waals surface area contributed by atoms with Gasteiger partial charge in [0.25, 0.3) is 0 Å². The molecule has 1 amide bonds. The molecule has 1 aromatic carbocycles. The molecule has 3 heterocycles. The number of carbonyl (C=O) groups excluding carboxylic acids is 1. The Balaban J connectivity index is 1.78. The summed E-state index contributed by atoms with van der Waals surface area (Å²) in [5.41, 5.74) is 0.572. The van der Waals surface area contributed by atoms with E-state index in [0.29, 0.717) is 46.9 Å². The monoisotopic (exact) mass is 463 g/mol. The molecule has 0 aliphatic carbocycles. The first-order chi connectivity index (χ1) is 15.3. The van der Waals surface area contributed by atoms with Crippen molar-refractivity contribution in [2.24, 2.45) is 0 Å². The molecule has 1 aliphatic heterocycles. The van der Waals surface area contributed by atoms with Crippen molar-refractivity contribution in [2.45, 2.75) is 64.5 Å². The van der Waals surface area contributed by atoms with Gasteiger partial charge >= 0.3 is 12.3 Å². The zero-order valence-electron chi connectivity index (χ0n) is 19.1. The zero-order chi connectivity index (χ0) is 24.1. The summed E-state index contributed by atoms with van der Waals surface area (Å²) in [5, 5.41) is 12.2. The lowest BCUT2D eigenvalue weighted by atomic mass is 10.1. The standard InChI is InChI=1S/C24H28F3N3O3/c1-14-10-16-17-11-15(24(25,26)27)7-8-18(17)30(20(16)12-28-14)19-6-5-9-29(13-21(19)31)22(32)33-23(2,3)4/h7-8,10-12,19,21,31H,5-6,9,13H2,1-4H3/t19-,21-/m1/s1. The minimum atomic E-state index is -4.46. The van der Waals surface area contributed by atoms with Crippen LogP contribution in [0, 0.1) is 6.92 Å². The van der Waals surface area contributed by atoms with Gasteiger partial charge in [0.05, 0.1) is 36.0 Å². The molecule has 0 bridgehead atoms. The van der Waals surface area contributed by atoms with Gasteiger partial charge in [0, 0.05) is 28.5 Å². The van der Waals surface area contributed by atoms with Crippen LogP contribution in [0.2, 0.25) is 0 Å². The van der Waals surface area contributed by atoms with Gasteiger partial charge in [0.1, 0.15) is 5.60 Å². The number of nitrogens with zero attached hydrogens (tertiary/aromatic N) is 3.